The van der Waals surface area contributed by atoms with Crippen LogP contribution in [0.1, 0.15) is 0 Å². The fourth-order valence-electron chi connectivity index (χ4n) is 1.43. The van der Waals surface area contributed by atoms with Crippen LogP contribution in [0.2, 0.25) is 5.02 Å². The van der Waals surface area contributed by atoms with E-state index in [1.54, 1.807) is 5.32 Å². The minimum absolute atomic E-state index is 0.235. The maximum Gasteiger partial charge on any atom is 0.442 e. The molecule has 118 valence electrons. The van der Waals surface area contributed by atoms with E-state index in [4.69, 9.17) is 11.6 Å². The molecule has 1 atom stereocenters. The minimum atomic E-state index is -5.43. The fourth-order valence-corrected chi connectivity index (χ4v) is 2.42. The topological polar surface area (TPSA) is 70.6 Å². The van der Waals surface area contributed by atoms with E-state index < -0.39 is 40.0 Å². The first-order chi connectivity index (χ1) is 10.1. The van der Waals surface area contributed by atoms with E-state index in [0.29, 0.717) is 5.02 Å². The summed E-state index contributed by atoms with van der Waals surface area (Å²) in [5.74, 6) is -1.93. The Bertz CT molecular complexity index is 667. The quantitative estimate of drug-likeness (QED) is 0.759. The third-order valence-electron chi connectivity index (χ3n) is 2.39. The van der Waals surface area contributed by atoms with Gasteiger partial charge in [0.05, 0.1) is 0 Å². The lowest BCUT2D eigenvalue weighted by Gasteiger charge is -2.17. The van der Waals surface area contributed by atoms with Gasteiger partial charge < -0.3 is 10.6 Å². The number of carbonyl (C=O) groups excluding carboxylic acids is 2. The highest BCUT2D eigenvalue weighted by Crippen LogP contribution is 2.46. The predicted molar refractivity (Wildman–Crippen MR) is 73.5 cm³/mol. The van der Waals surface area contributed by atoms with Crippen LogP contribution in [0, 0.1) is 0 Å². The molecule has 0 spiro atoms. The first-order valence-electron chi connectivity index (χ1n) is 5.53. The molecule has 1 aliphatic rings. The number of anilines is 1. The van der Waals surface area contributed by atoms with E-state index in [9.17, 15) is 27.2 Å². The minimum Gasteiger partial charge on any atom is -0.306 e. The molecule has 5 nitrogen and oxygen atoms in total. The summed E-state index contributed by atoms with van der Waals surface area (Å²) in [5.41, 5.74) is 0.235. The molecule has 1 aromatic carbocycles. The number of amidine groups is 1. The number of alkyl halides is 4. The summed E-state index contributed by atoms with van der Waals surface area (Å²) in [6.45, 7) is 0. The lowest BCUT2D eigenvalue weighted by molar-refractivity contribution is -0.195. The molecular weight excluding hydrogens is 350 g/mol. The Labute approximate surface area is 130 Å². The van der Waals surface area contributed by atoms with Gasteiger partial charge in [-0.1, -0.05) is 17.7 Å². The summed E-state index contributed by atoms with van der Waals surface area (Å²) in [6.07, 6.45) is -5.43. The number of urea groups is 1. The number of nitrogens with one attached hydrogen (secondary N) is 2. The van der Waals surface area contributed by atoms with Crippen LogP contribution in [0.4, 0.5) is 28.0 Å². The summed E-state index contributed by atoms with van der Waals surface area (Å²) in [5, 5.41) is -0.856. The van der Waals surface area contributed by atoms with E-state index in [1.807, 2.05) is 0 Å². The lowest BCUT2D eigenvalue weighted by Crippen LogP contribution is -2.45. The van der Waals surface area contributed by atoms with E-state index in [0.717, 1.165) is 0 Å². The van der Waals surface area contributed by atoms with Crippen molar-refractivity contribution in [2.45, 2.75) is 11.2 Å². The van der Waals surface area contributed by atoms with E-state index in [2.05, 4.69) is 10.3 Å². The van der Waals surface area contributed by atoms with Gasteiger partial charge in [-0.25, -0.2) is 9.18 Å². The monoisotopic (exact) mass is 355 g/mol. The molecule has 0 unspecified atom stereocenters. The van der Waals surface area contributed by atoms with Gasteiger partial charge in [0, 0.05) is 10.7 Å². The van der Waals surface area contributed by atoms with Crippen LogP contribution < -0.4 is 10.6 Å². The van der Waals surface area contributed by atoms with Gasteiger partial charge >= 0.3 is 17.2 Å². The van der Waals surface area contributed by atoms with Gasteiger partial charge in [-0.3, -0.25) is 4.79 Å². The number of halogens is 5. The smallest absolute Gasteiger partial charge is 0.306 e. The Kier molecular flexibility index (Phi) is 4.34. The number of rotatable bonds is 1. The molecule has 2 rings (SSSR count). The van der Waals surface area contributed by atoms with Crippen molar-refractivity contribution in [1.82, 2.24) is 5.32 Å². The van der Waals surface area contributed by atoms with E-state index in [1.165, 1.54) is 24.3 Å². The fraction of sp³-hybridized carbons (Fsp3) is 0.182. The summed E-state index contributed by atoms with van der Waals surface area (Å²) < 4.78 is 51.0. The molecule has 0 bridgehead atoms. The number of hydrogen-bond acceptors (Lipinski definition) is 3. The Balaban J connectivity index is 2.11. The van der Waals surface area contributed by atoms with Crippen molar-refractivity contribution >= 4 is 46.2 Å². The van der Waals surface area contributed by atoms with Gasteiger partial charge in [-0.2, -0.15) is 18.2 Å². The van der Waals surface area contributed by atoms with Crippen LogP contribution in [0.5, 0.6) is 0 Å². The number of carbonyl (C=O) groups is 2. The molecular formula is C11H6ClF4N3O2S. The van der Waals surface area contributed by atoms with Gasteiger partial charge in [0.15, 0.2) is 5.17 Å². The van der Waals surface area contributed by atoms with Crippen molar-refractivity contribution in [2.24, 2.45) is 4.99 Å². The van der Waals surface area contributed by atoms with Gasteiger partial charge in [0.2, 0.25) is 0 Å². The molecule has 1 aliphatic heterocycles. The zero-order valence-electron chi connectivity index (χ0n) is 10.4. The van der Waals surface area contributed by atoms with E-state index >= 15 is 0 Å². The van der Waals surface area contributed by atoms with Crippen molar-refractivity contribution in [3.8, 4) is 0 Å². The maximum absolute atomic E-state index is 13.6. The third kappa shape index (κ3) is 3.33. The highest BCUT2D eigenvalue weighted by atomic mass is 35.5. The van der Waals surface area contributed by atoms with Crippen LogP contribution in [0.3, 0.4) is 0 Å². The molecule has 0 aliphatic carbocycles. The van der Waals surface area contributed by atoms with Crippen molar-refractivity contribution in [1.29, 1.82) is 0 Å². The van der Waals surface area contributed by atoms with Gasteiger partial charge in [-0.05, 0) is 30.0 Å². The van der Waals surface area contributed by atoms with Crippen molar-refractivity contribution in [3.63, 3.8) is 0 Å². The number of amides is 3. The van der Waals surface area contributed by atoms with Crippen LogP contribution >= 0.6 is 23.4 Å². The van der Waals surface area contributed by atoms with Crippen molar-refractivity contribution in [3.05, 3.63) is 29.3 Å². The second-order valence-electron chi connectivity index (χ2n) is 4.01. The number of benzene rings is 1. The average Bonchev–Trinajstić information content (AvgIpc) is 2.64. The third-order valence-corrected chi connectivity index (χ3v) is 3.71. The second kappa shape index (κ2) is 5.76. The van der Waals surface area contributed by atoms with Crippen LogP contribution in [0.15, 0.2) is 29.3 Å². The molecule has 1 heterocycles. The normalized spacial score (nSPS) is 23.5. The van der Waals surface area contributed by atoms with Crippen LogP contribution in [-0.2, 0) is 4.79 Å². The Morgan fingerprint density at radius 1 is 1.41 bits per heavy atom. The first-order valence-corrected chi connectivity index (χ1v) is 6.72. The summed E-state index contributed by atoms with van der Waals surface area (Å²) >= 11 is 5.16. The molecule has 1 aromatic rings. The highest BCUT2D eigenvalue weighted by Gasteiger charge is 2.67. The van der Waals surface area contributed by atoms with Crippen LogP contribution in [-0.4, -0.2) is 28.3 Å². The zero-order valence-corrected chi connectivity index (χ0v) is 11.9. The predicted octanol–water partition coefficient (Wildman–Crippen LogP) is 3.32. The zero-order chi connectivity index (χ0) is 16.5. The lowest BCUT2D eigenvalue weighted by atomic mass is 10.3. The number of aliphatic imine (C=N–C) groups is 1. The van der Waals surface area contributed by atoms with Gasteiger partial charge in [-0.15, -0.1) is 0 Å². The Hall–Kier alpha value is -1.81. The highest BCUT2D eigenvalue weighted by molar-refractivity contribution is 8.16. The summed E-state index contributed by atoms with van der Waals surface area (Å²) in [7, 11) is 0. The SMILES string of the molecule is O=C(N=C1NC(=O)[C@](F)(C(F)(F)F)S1)Nc1cccc(Cl)c1. The second-order valence-corrected chi connectivity index (χ2v) is 5.60. The number of nitrogens with zero attached hydrogens (tertiary/aromatic N) is 1. The van der Waals surface area contributed by atoms with Gasteiger partial charge in [0.1, 0.15) is 0 Å². The molecule has 0 radical (unpaired) electrons. The number of hydrogen-bond donors (Lipinski definition) is 2. The molecule has 3 amide bonds. The average molecular weight is 356 g/mol. The largest absolute Gasteiger partial charge is 0.442 e. The molecule has 2 N–H and O–H groups in total. The van der Waals surface area contributed by atoms with Crippen molar-refractivity contribution in [2.75, 3.05) is 5.32 Å². The molecule has 1 fully saturated rings. The summed E-state index contributed by atoms with van der Waals surface area (Å²) in [6, 6.07) is 4.80. The maximum atomic E-state index is 13.6. The number of thioether (sulfide) groups is 1. The van der Waals surface area contributed by atoms with Gasteiger partial charge in [0.25, 0.3) is 5.91 Å². The van der Waals surface area contributed by atoms with Crippen molar-refractivity contribution < 1.29 is 27.2 Å². The molecule has 0 saturated carbocycles. The van der Waals surface area contributed by atoms with Crippen LogP contribution in [0.25, 0.3) is 0 Å². The summed E-state index contributed by atoms with van der Waals surface area (Å²) in [4.78, 5) is 25.8. The molecule has 22 heavy (non-hydrogen) atoms. The Morgan fingerprint density at radius 3 is 2.64 bits per heavy atom. The standard InChI is InChI=1S/C11H6ClF4N3O2S/c12-5-2-1-3-6(4-5)17-8(21)19-9-18-7(20)10(13,22-9)11(14,15)16/h1-4H,(H2,17,18,19,20,21)/t10-/m1/s1. The molecule has 1 saturated heterocycles. The van der Waals surface area contributed by atoms with E-state index in [-0.39, 0.29) is 5.69 Å². The first kappa shape index (κ1) is 16.6. The molecule has 0 aromatic heterocycles. The molecule has 11 heteroatoms. The Morgan fingerprint density at radius 2 is 2.09 bits per heavy atom.